The molecule has 0 aromatic heterocycles. The number of amides is 1. The van der Waals surface area contributed by atoms with Crippen molar-refractivity contribution in [1.82, 2.24) is 5.32 Å². The van der Waals surface area contributed by atoms with Crippen LogP contribution >= 0.6 is 0 Å². The summed E-state index contributed by atoms with van der Waals surface area (Å²) in [6.07, 6.45) is 0.746. The summed E-state index contributed by atoms with van der Waals surface area (Å²) in [5.41, 5.74) is -0.263. The van der Waals surface area contributed by atoms with Gasteiger partial charge in [0.2, 0.25) is 0 Å². The Morgan fingerprint density at radius 1 is 1.47 bits per heavy atom. The van der Waals surface area contributed by atoms with Gasteiger partial charge >= 0.3 is 0 Å². The van der Waals surface area contributed by atoms with E-state index in [1.165, 1.54) is 12.1 Å². The van der Waals surface area contributed by atoms with Crippen molar-refractivity contribution in [2.75, 3.05) is 6.61 Å². The van der Waals surface area contributed by atoms with Gasteiger partial charge in [0.1, 0.15) is 5.75 Å². The molecule has 1 atom stereocenters. The molecule has 6 nitrogen and oxygen atoms in total. The Morgan fingerprint density at radius 3 is 2.68 bits per heavy atom. The topological polar surface area (TPSA) is 81.5 Å². The molecule has 0 aliphatic carbocycles. The van der Waals surface area contributed by atoms with Crippen LogP contribution in [0, 0.1) is 10.1 Å². The second-order valence-electron chi connectivity index (χ2n) is 4.12. The van der Waals surface area contributed by atoms with Gasteiger partial charge < -0.3 is 10.1 Å². The molecule has 0 radical (unpaired) electrons. The molecular formula is C13H18N2O4. The van der Waals surface area contributed by atoms with Crippen molar-refractivity contribution in [3.05, 3.63) is 33.9 Å². The molecule has 0 spiro atoms. The molecule has 1 aromatic rings. The molecular weight excluding hydrogens is 248 g/mol. The Balaban J connectivity index is 3.20. The molecule has 0 aliphatic rings. The number of carbonyl (C=O) groups is 1. The molecule has 6 heteroatoms. The highest BCUT2D eigenvalue weighted by molar-refractivity contribution is 6.01. The SMILES string of the molecule is CCOc1cccc([N+](=O)[O-])c1C(=O)NC(C)CC. The molecule has 0 saturated carbocycles. The second kappa shape index (κ2) is 6.72. The highest BCUT2D eigenvalue weighted by Crippen LogP contribution is 2.28. The minimum Gasteiger partial charge on any atom is -0.493 e. The van der Waals surface area contributed by atoms with E-state index < -0.39 is 10.8 Å². The lowest BCUT2D eigenvalue weighted by Crippen LogP contribution is -2.32. The number of ether oxygens (including phenoxy) is 1. The van der Waals surface area contributed by atoms with E-state index in [0.717, 1.165) is 6.42 Å². The number of nitrogens with zero attached hydrogens (tertiary/aromatic N) is 1. The van der Waals surface area contributed by atoms with Crippen LogP contribution in [0.25, 0.3) is 0 Å². The fourth-order valence-electron chi connectivity index (χ4n) is 1.57. The lowest BCUT2D eigenvalue weighted by Gasteiger charge is -2.14. The number of hydrogen-bond acceptors (Lipinski definition) is 4. The molecule has 19 heavy (non-hydrogen) atoms. The van der Waals surface area contributed by atoms with Crippen LogP contribution < -0.4 is 10.1 Å². The Kier molecular flexibility index (Phi) is 5.29. The maximum absolute atomic E-state index is 12.1. The van der Waals surface area contributed by atoms with Crippen molar-refractivity contribution >= 4 is 11.6 Å². The van der Waals surface area contributed by atoms with Crippen LogP contribution in [0.4, 0.5) is 5.69 Å². The fourth-order valence-corrected chi connectivity index (χ4v) is 1.57. The van der Waals surface area contributed by atoms with E-state index in [2.05, 4.69) is 5.32 Å². The molecule has 1 unspecified atom stereocenters. The Bertz CT molecular complexity index is 474. The van der Waals surface area contributed by atoms with Crippen LogP contribution in [-0.4, -0.2) is 23.5 Å². The van der Waals surface area contributed by atoms with Crippen LogP contribution in [0.15, 0.2) is 18.2 Å². The van der Waals surface area contributed by atoms with E-state index in [1.54, 1.807) is 13.0 Å². The van der Waals surface area contributed by atoms with Gasteiger partial charge in [0, 0.05) is 12.1 Å². The number of nitro benzene ring substituents is 1. The van der Waals surface area contributed by atoms with Crippen molar-refractivity contribution in [1.29, 1.82) is 0 Å². The molecule has 0 heterocycles. The van der Waals surface area contributed by atoms with Gasteiger partial charge in [0.25, 0.3) is 11.6 Å². The molecule has 0 bridgehead atoms. The first-order valence-electron chi connectivity index (χ1n) is 6.22. The van der Waals surface area contributed by atoms with Crippen LogP contribution in [0.3, 0.4) is 0 Å². The highest BCUT2D eigenvalue weighted by atomic mass is 16.6. The lowest BCUT2D eigenvalue weighted by atomic mass is 10.1. The van der Waals surface area contributed by atoms with Gasteiger partial charge in [-0.2, -0.15) is 0 Å². The molecule has 0 fully saturated rings. The number of nitrogens with one attached hydrogen (secondary N) is 1. The van der Waals surface area contributed by atoms with Gasteiger partial charge in [0.15, 0.2) is 5.56 Å². The third kappa shape index (κ3) is 3.67. The quantitative estimate of drug-likeness (QED) is 0.633. The molecule has 0 saturated heterocycles. The summed E-state index contributed by atoms with van der Waals surface area (Å²) in [7, 11) is 0. The number of nitro groups is 1. The van der Waals surface area contributed by atoms with Crippen molar-refractivity contribution in [3.8, 4) is 5.75 Å². The van der Waals surface area contributed by atoms with Crippen LogP contribution in [0.2, 0.25) is 0 Å². The first kappa shape index (κ1) is 14.9. The fraction of sp³-hybridized carbons (Fsp3) is 0.462. The second-order valence-corrected chi connectivity index (χ2v) is 4.12. The van der Waals surface area contributed by atoms with Crippen LogP contribution in [-0.2, 0) is 0 Å². The summed E-state index contributed by atoms with van der Waals surface area (Å²) >= 11 is 0. The first-order chi connectivity index (χ1) is 9.01. The highest BCUT2D eigenvalue weighted by Gasteiger charge is 2.25. The third-order valence-corrected chi connectivity index (χ3v) is 2.72. The summed E-state index contributed by atoms with van der Waals surface area (Å²) in [6.45, 7) is 5.86. The monoisotopic (exact) mass is 266 g/mol. The minimum absolute atomic E-state index is 0.0188. The van der Waals surface area contributed by atoms with E-state index in [0.29, 0.717) is 6.61 Å². The molecule has 0 aliphatic heterocycles. The van der Waals surface area contributed by atoms with Gasteiger partial charge in [-0.3, -0.25) is 14.9 Å². The molecule has 1 amide bonds. The number of carbonyl (C=O) groups excluding carboxylic acids is 1. The largest absolute Gasteiger partial charge is 0.493 e. The van der Waals surface area contributed by atoms with E-state index in [-0.39, 0.29) is 23.0 Å². The Labute approximate surface area is 111 Å². The van der Waals surface area contributed by atoms with Gasteiger partial charge in [0.05, 0.1) is 11.5 Å². The summed E-state index contributed by atoms with van der Waals surface area (Å²) in [6, 6.07) is 4.31. The van der Waals surface area contributed by atoms with Crippen molar-refractivity contribution < 1.29 is 14.5 Å². The normalized spacial score (nSPS) is 11.7. The lowest BCUT2D eigenvalue weighted by molar-refractivity contribution is -0.385. The molecule has 1 rings (SSSR count). The van der Waals surface area contributed by atoms with Gasteiger partial charge in [-0.25, -0.2) is 0 Å². The van der Waals surface area contributed by atoms with Crippen molar-refractivity contribution in [2.45, 2.75) is 33.2 Å². The number of benzene rings is 1. The van der Waals surface area contributed by atoms with E-state index in [4.69, 9.17) is 4.74 Å². The van der Waals surface area contributed by atoms with Crippen molar-refractivity contribution in [2.24, 2.45) is 0 Å². The summed E-state index contributed by atoms with van der Waals surface area (Å²) in [4.78, 5) is 22.6. The maximum atomic E-state index is 12.1. The van der Waals surface area contributed by atoms with E-state index in [1.807, 2.05) is 13.8 Å². The zero-order chi connectivity index (χ0) is 14.4. The van der Waals surface area contributed by atoms with Crippen LogP contribution in [0.1, 0.15) is 37.6 Å². The van der Waals surface area contributed by atoms with Crippen molar-refractivity contribution in [3.63, 3.8) is 0 Å². The summed E-state index contributed by atoms with van der Waals surface area (Å²) < 4.78 is 5.30. The Morgan fingerprint density at radius 2 is 2.16 bits per heavy atom. The average molecular weight is 266 g/mol. The maximum Gasteiger partial charge on any atom is 0.285 e. The predicted molar refractivity (Wildman–Crippen MR) is 71.5 cm³/mol. The molecule has 1 N–H and O–H groups in total. The van der Waals surface area contributed by atoms with E-state index in [9.17, 15) is 14.9 Å². The molecule has 104 valence electrons. The van der Waals surface area contributed by atoms with E-state index >= 15 is 0 Å². The zero-order valence-corrected chi connectivity index (χ0v) is 11.3. The average Bonchev–Trinajstić information content (AvgIpc) is 2.38. The predicted octanol–water partition coefficient (Wildman–Crippen LogP) is 2.52. The van der Waals surface area contributed by atoms with Crippen LogP contribution in [0.5, 0.6) is 5.75 Å². The number of rotatable bonds is 6. The summed E-state index contributed by atoms with van der Waals surface area (Å²) in [5, 5.41) is 13.7. The smallest absolute Gasteiger partial charge is 0.285 e. The van der Waals surface area contributed by atoms with Gasteiger partial charge in [-0.05, 0) is 26.3 Å². The minimum atomic E-state index is -0.575. The van der Waals surface area contributed by atoms with Gasteiger partial charge in [-0.1, -0.05) is 13.0 Å². The summed E-state index contributed by atoms with van der Waals surface area (Å²) in [5.74, 6) is -0.248. The molecule has 1 aromatic carbocycles. The van der Waals surface area contributed by atoms with Gasteiger partial charge in [-0.15, -0.1) is 0 Å². The zero-order valence-electron chi connectivity index (χ0n) is 11.3. The Hall–Kier alpha value is -2.11. The number of hydrogen-bond donors (Lipinski definition) is 1. The standard InChI is InChI=1S/C13H18N2O4/c1-4-9(3)14-13(16)12-10(15(17)18)7-6-8-11(12)19-5-2/h6-9H,4-5H2,1-3H3,(H,14,16). The third-order valence-electron chi connectivity index (χ3n) is 2.72. The first-order valence-corrected chi connectivity index (χ1v) is 6.22.